The van der Waals surface area contributed by atoms with E-state index >= 15 is 0 Å². The largest absolute Gasteiger partial charge is 0.341 e. The minimum atomic E-state index is -0.357. The van der Waals surface area contributed by atoms with Gasteiger partial charge in [0.2, 0.25) is 11.8 Å². The van der Waals surface area contributed by atoms with Crippen LogP contribution in [-0.4, -0.2) is 24.9 Å². The lowest BCUT2D eigenvalue weighted by molar-refractivity contribution is -0.122. The van der Waals surface area contributed by atoms with Crippen LogP contribution in [0.5, 0.6) is 0 Å². The highest BCUT2D eigenvalue weighted by molar-refractivity contribution is 6.21. The minimum Gasteiger partial charge on any atom is -0.341 e. The van der Waals surface area contributed by atoms with Gasteiger partial charge in [-0.05, 0) is 18.2 Å². The molecule has 1 aliphatic rings. The number of hydrogen-bond donors (Lipinski definition) is 2. The molecule has 6 heteroatoms. The molecule has 1 fully saturated rings. The summed E-state index contributed by atoms with van der Waals surface area (Å²) >= 11 is 0. The van der Waals surface area contributed by atoms with E-state index in [1.54, 1.807) is 31.2 Å². The summed E-state index contributed by atoms with van der Waals surface area (Å²) in [5.41, 5.74) is 1.00. The van der Waals surface area contributed by atoms with Crippen LogP contribution >= 0.6 is 0 Å². The van der Waals surface area contributed by atoms with Crippen LogP contribution in [0, 0.1) is 5.92 Å². The molecular weight excluding hydrogens is 246 g/mol. The van der Waals surface area contributed by atoms with Crippen molar-refractivity contribution < 1.29 is 14.4 Å². The second kappa shape index (κ2) is 5.09. The molecule has 2 N–H and O–H groups in total. The van der Waals surface area contributed by atoms with Crippen molar-refractivity contribution in [2.24, 2.45) is 5.92 Å². The molecule has 0 aliphatic carbocycles. The zero-order valence-corrected chi connectivity index (χ0v) is 10.8. The molecule has 0 saturated carbocycles. The van der Waals surface area contributed by atoms with Gasteiger partial charge in [-0.2, -0.15) is 0 Å². The van der Waals surface area contributed by atoms with Crippen LogP contribution in [0.2, 0.25) is 0 Å². The van der Waals surface area contributed by atoms with Gasteiger partial charge in [-0.25, -0.2) is 4.79 Å². The summed E-state index contributed by atoms with van der Waals surface area (Å²) in [4.78, 5) is 36.1. The first-order valence-corrected chi connectivity index (χ1v) is 5.98. The number of rotatable bonds is 2. The van der Waals surface area contributed by atoms with Crippen LogP contribution in [0.25, 0.3) is 0 Å². The van der Waals surface area contributed by atoms with Crippen molar-refractivity contribution in [2.75, 3.05) is 17.3 Å². The Morgan fingerprint density at radius 1 is 1.37 bits per heavy atom. The first kappa shape index (κ1) is 13.1. The maximum absolute atomic E-state index is 11.9. The molecule has 0 bridgehead atoms. The van der Waals surface area contributed by atoms with Gasteiger partial charge in [0.1, 0.15) is 0 Å². The van der Waals surface area contributed by atoms with Crippen molar-refractivity contribution in [3.63, 3.8) is 0 Å². The first-order chi connectivity index (χ1) is 9.02. The monoisotopic (exact) mass is 261 g/mol. The molecule has 1 aromatic rings. The maximum Gasteiger partial charge on any atom is 0.318 e. The Morgan fingerprint density at radius 3 is 2.68 bits per heavy atom. The normalized spacial score (nSPS) is 18.6. The Balaban J connectivity index is 2.26. The molecule has 0 spiro atoms. The van der Waals surface area contributed by atoms with Crippen molar-refractivity contribution in [1.29, 1.82) is 0 Å². The fraction of sp³-hybridized carbons (Fsp3) is 0.308. The fourth-order valence-electron chi connectivity index (χ4n) is 1.97. The van der Waals surface area contributed by atoms with Gasteiger partial charge in [-0.1, -0.05) is 13.0 Å². The smallest absolute Gasteiger partial charge is 0.318 e. The number of benzene rings is 1. The highest BCUT2D eigenvalue weighted by Gasteiger charge is 2.36. The van der Waals surface area contributed by atoms with E-state index in [0.717, 1.165) is 0 Å². The van der Waals surface area contributed by atoms with Crippen molar-refractivity contribution in [1.82, 2.24) is 5.32 Å². The third-order valence-corrected chi connectivity index (χ3v) is 2.96. The van der Waals surface area contributed by atoms with Crippen molar-refractivity contribution >= 4 is 29.2 Å². The molecule has 1 unspecified atom stereocenters. The Morgan fingerprint density at radius 2 is 2.11 bits per heavy atom. The Kier molecular flexibility index (Phi) is 3.50. The van der Waals surface area contributed by atoms with E-state index in [9.17, 15) is 14.4 Å². The van der Waals surface area contributed by atoms with Gasteiger partial charge in [0.25, 0.3) is 0 Å². The number of imide groups is 1. The molecule has 6 nitrogen and oxygen atoms in total. The summed E-state index contributed by atoms with van der Waals surface area (Å²) in [6, 6.07) is 6.29. The SMILES string of the molecule is CNC(=O)Nc1cccc(N2C(=O)CC(C)C2=O)c1. The van der Waals surface area contributed by atoms with Gasteiger partial charge in [-0.15, -0.1) is 0 Å². The van der Waals surface area contributed by atoms with Crippen LogP contribution in [-0.2, 0) is 9.59 Å². The van der Waals surface area contributed by atoms with Crippen molar-refractivity contribution in [2.45, 2.75) is 13.3 Å². The number of nitrogens with zero attached hydrogens (tertiary/aromatic N) is 1. The van der Waals surface area contributed by atoms with Crippen LogP contribution in [0.1, 0.15) is 13.3 Å². The summed E-state index contributed by atoms with van der Waals surface area (Å²) < 4.78 is 0. The van der Waals surface area contributed by atoms with E-state index in [-0.39, 0.29) is 30.2 Å². The van der Waals surface area contributed by atoms with Gasteiger partial charge in [0.05, 0.1) is 5.69 Å². The number of urea groups is 1. The molecule has 1 saturated heterocycles. The number of carbonyl (C=O) groups is 3. The van der Waals surface area contributed by atoms with Crippen LogP contribution < -0.4 is 15.5 Å². The number of anilines is 2. The predicted octanol–water partition coefficient (Wildman–Crippen LogP) is 1.34. The van der Waals surface area contributed by atoms with Gasteiger partial charge < -0.3 is 10.6 Å². The number of carbonyl (C=O) groups excluding carboxylic acids is 3. The lowest BCUT2D eigenvalue weighted by Crippen LogP contribution is -2.30. The zero-order chi connectivity index (χ0) is 14.0. The van der Waals surface area contributed by atoms with Crippen LogP contribution in [0.15, 0.2) is 24.3 Å². The molecule has 1 atom stereocenters. The van der Waals surface area contributed by atoms with Gasteiger partial charge in [0.15, 0.2) is 0 Å². The Labute approximate surface area is 110 Å². The molecule has 1 aliphatic heterocycles. The molecule has 0 aromatic heterocycles. The molecule has 4 amide bonds. The first-order valence-electron chi connectivity index (χ1n) is 5.98. The molecule has 19 heavy (non-hydrogen) atoms. The summed E-state index contributed by atoms with van der Waals surface area (Å²) in [5, 5.41) is 5.03. The molecule has 0 radical (unpaired) electrons. The highest BCUT2D eigenvalue weighted by Crippen LogP contribution is 2.27. The van der Waals surface area contributed by atoms with Crippen molar-refractivity contribution in [3.05, 3.63) is 24.3 Å². The summed E-state index contributed by atoms with van der Waals surface area (Å²) in [5.74, 6) is -0.709. The van der Waals surface area contributed by atoms with E-state index in [1.807, 2.05) is 0 Å². The van der Waals surface area contributed by atoms with Gasteiger partial charge in [0, 0.05) is 25.1 Å². The third-order valence-electron chi connectivity index (χ3n) is 2.96. The molecule has 1 aromatic carbocycles. The topological polar surface area (TPSA) is 78.5 Å². The average Bonchev–Trinajstić information content (AvgIpc) is 2.63. The quantitative estimate of drug-likeness (QED) is 0.788. The van der Waals surface area contributed by atoms with Gasteiger partial charge in [-0.3, -0.25) is 14.5 Å². The van der Waals surface area contributed by atoms with E-state index in [1.165, 1.54) is 11.9 Å². The van der Waals surface area contributed by atoms with E-state index in [4.69, 9.17) is 0 Å². The lowest BCUT2D eigenvalue weighted by Gasteiger charge is -2.15. The summed E-state index contributed by atoms with van der Waals surface area (Å²) in [6.07, 6.45) is 0.228. The standard InChI is InChI=1S/C13H15N3O3/c1-8-6-11(17)16(12(8)18)10-5-3-4-9(7-10)15-13(19)14-2/h3-5,7-8H,6H2,1-2H3,(H2,14,15,19). The Hall–Kier alpha value is -2.37. The fourth-order valence-corrected chi connectivity index (χ4v) is 1.97. The Bertz CT molecular complexity index is 542. The number of hydrogen-bond acceptors (Lipinski definition) is 3. The second-order valence-electron chi connectivity index (χ2n) is 4.43. The summed E-state index contributed by atoms with van der Waals surface area (Å²) in [7, 11) is 1.51. The van der Waals surface area contributed by atoms with Crippen LogP contribution in [0.4, 0.5) is 16.2 Å². The second-order valence-corrected chi connectivity index (χ2v) is 4.43. The lowest BCUT2D eigenvalue weighted by atomic mass is 10.1. The van der Waals surface area contributed by atoms with E-state index in [0.29, 0.717) is 11.4 Å². The minimum absolute atomic E-state index is 0.206. The number of nitrogens with one attached hydrogen (secondary N) is 2. The third kappa shape index (κ3) is 2.57. The predicted molar refractivity (Wildman–Crippen MR) is 70.8 cm³/mol. The van der Waals surface area contributed by atoms with E-state index in [2.05, 4.69) is 10.6 Å². The number of amides is 4. The van der Waals surface area contributed by atoms with Crippen LogP contribution in [0.3, 0.4) is 0 Å². The van der Waals surface area contributed by atoms with E-state index < -0.39 is 0 Å². The average molecular weight is 261 g/mol. The van der Waals surface area contributed by atoms with Gasteiger partial charge >= 0.3 is 6.03 Å². The molecule has 1 heterocycles. The zero-order valence-electron chi connectivity index (χ0n) is 10.8. The maximum atomic E-state index is 11.9. The highest BCUT2D eigenvalue weighted by atomic mass is 16.2. The molecule has 2 rings (SSSR count). The summed E-state index contributed by atoms with van der Waals surface area (Å²) in [6.45, 7) is 1.73. The van der Waals surface area contributed by atoms with Crippen molar-refractivity contribution in [3.8, 4) is 0 Å². The molecule has 100 valence electrons. The molecular formula is C13H15N3O3.